The van der Waals surface area contributed by atoms with Gasteiger partial charge in [-0.3, -0.25) is 0 Å². The number of piperazine rings is 1. The lowest BCUT2D eigenvalue weighted by molar-refractivity contribution is 0.0601. The van der Waals surface area contributed by atoms with Crippen LogP contribution in [0.15, 0.2) is 41.8 Å². The first-order valence-electron chi connectivity index (χ1n) is 10.2. The van der Waals surface area contributed by atoms with Crippen molar-refractivity contribution < 1.29 is 9.53 Å². The van der Waals surface area contributed by atoms with Crippen LogP contribution in [0.25, 0.3) is 11.0 Å². The lowest BCUT2D eigenvalue weighted by Crippen LogP contribution is -2.56. The number of guanidine groups is 1. The van der Waals surface area contributed by atoms with Gasteiger partial charge in [0.25, 0.3) is 0 Å². The summed E-state index contributed by atoms with van der Waals surface area (Å²) < 4.78 is 4.79. The molecule has 0 saturated carbocycles. The van der Waals surface area contributed by atoms with E-state index >= 15 is 0 Å². The number of nitrogens with one attached hydrogen (secondary N) is 2. The Morgan fingerprint density at radius 1 is 1.38 bits per heavy atom. The van der Waals surface area contributed by atoms with Crippen LogP contribution in [0.4, 0.5) is 11.5 Å². The van der Waals surface area contributed by atoms with Gasteiger partial charge in [-0.25, -0.2) is 14.8 Å². The number of esters is 1. The number of nitriles is 1. The molecule has 10 heteroatoms. The molecule has 3 aromatic rings. The molecular weight excluding hydrogens is 408 g/mol. The van der Waals surface area contributed by atoms with Crippen molar-refractivity contribution in [3.8, 4) is 6.19 Å². The number of ether oxygens (including phenoxy) is 1. The molecule has 4 rings (SSSR count). The summed E-state index contributed by atoms with van der Waals surface area (Å²) in [5.74, 6) is 0.913. The predicted octanol–water partition coefficient (Wildman–Crippen LogP) is 2.51. The van der Waals surface area contributed by atoms with Gasteiger partial charge in [-0.05, 0) is 37.6 Å². The molecule has 1 aromatic carbocycles. The van der Waals surface area contributed by atoms with Crippen LogP contribution < -0.4 is 10.2 Å². The van der Waals surface area contributed by atoms with Crippen LogP contribution in [0.1, 0.15) is 22.8 Å². The molecule has 32 heavy (non-hydrogen) atoms. The summed E-state index contributed by atoms with van der Waals surface area (Å²) in [6.45, 7) is 6.16. The molecule has 1 aliphatic heterocycles. The molecule has 0 amide bonds. The number of aryl methyl sites for hydroxylation is 1. The van der Waals surface area contributed by atoms with Crippen molar-refractivity contribution in [3.05, 3.63) is 47.9 Å². The van der Waals surface area contributed by atoms with Gasteiger partial charge in [-0.1, -0.05) is 6.07 Å². The van der Waals surface area contributed by atoms with E-state index in [4.69, 9.17) is 4.74 Å². The minimum Gasteiger partial charge on any atom is -0.465 e. The van der Waals surface area contributed by atoms with E-state index in [2.05, 4.69) is 37.1 Å². The number of benzene rings is 1. The monoisotopic (exact) mass is 432 g/mol. The molecule has 3 heterocycles. The Balaban J connectivity index is 1.54. The van der Waals surface area contributed by atoms with Crippen LogP contribution in [0, 0.1) is 18.4 Å². The maximum absolute atomic E-state index is 11.8. The fourth-order valence-corrected chi connectivity index (χ4v) is 3.98. The molecule has 164 valence electrons. The number of carbonyl (C=O) groups is 1. The Bertz CT molecular complexity index is 1210. The molecule has 2 N–H and O–H groups in total. The molecule has 0 aliphatic carbocycles. The molecule has 1 saturated heterocycles. The van der Waals surface area contributed by atoms with Crippen LogP contribution in [0.5, 0.6) is 0 Å². The minimum atomic E-state index is -0.425. The van der Waals surface area contributed by atoms with Gasteiger partial charge in [-0.15, -0.1) is 4.99 Å². The van der Waals surface area contributed by atoms with Crippen molar-refractivity contribution >= 4 is 34.5 Å². The summed E-state index contributed by atoms with van der Waals surface area (Å²) in [4.78, 5) is 32.2. The van der Waals surface area contributed by atoms with Crippen LogP contribution in [-0.4, -0.2) is 64.6 Å². The van der Waals surface area contributed by atoms with Crippen molar-refractivity contribution in [2.45, 2.75) is 19.9 Å². The Morgan fingerprint density at radius 3 is 2.97 bits per heavy atom. The van der Waals surface area contributed by atoms with Crippen LogP contribution in [-0.2, 0) is 4.74 Å². The second kappa shape index (κ2) is 8.93. The molecule has 10 nitrogen and oxygen atoms in total. The highest BCUT2D eigenvalue weighted by Crippen LogP contribution is 2.27. The van der Waals surface area contributed by atoms with Gasteiger partial charge in [0.05, 0.1) is 18.1 Å². The van der Waals surface area contributed by atoms with Gasteiger partial charge in [0.15, 0.2) is 0 Å². The molecule has 1 aliphatic rings. The summed E-state index contributed by atoms with van der Waals surface area (Å²) in [6.07, 6.45) is 5.39. The summed E-state index contributed by atoms with van der Waals surface area (Å²) in [5, 5.41) is 13.5. The maximum atomic E-state index is 11.8. The normalized spacial score (nSPS) is 16.7. The molecule has 2 aromatic heterocycles. The zero-order valence-electron chi connectivity index (χ0n) is 18.2. The second-order valence-corrected chi connectivity index (χ2v) is 7.61. The van der Waals surface area contributed by atoms with Crippen molar-refractivity contribution in [2.24, 2.45) is 4.99 Å². The summed E-state index contributed by atoms with van der Waals surface area (Å²) >= 11 is 0. The molecule has 0 bridgehead atoms. The fourth-order valence-electron chi connectivity index (χ4n) is 3.98. The topological polar surface area (TPSA) is 123 Å². The zero-order chi connectivity index (χ0) is 22.7. The molecule has 0 unspecified atom stereocenters. The Hall–Kier alpha value is -4.13. The predicted molar refractivity (Wildman–Crippen MR) is 121 cm³/mol. The SMILES string of the molecule is COC(=O)c1cccc(NC(=NC#N)N2CCN(c3ncnc4[nH]cc(C)c34)C[C@@H]2C)c1. The number of aromatic nitrogens is 3. The molecule has 1 fully saturated rings. The van der Waals surface area contributed by atoms with Crippen LogP contribution >= 0.6 is 0 Å². The largest absolute Gasteiger partial charge is 0.465 e. The first-order chi connectivity index (χ1) is 15.5. The van der Waals surface area contributed by atoms with E-state index in [-0.39, 0.29) is 6.04 Å². The fraction of sp³-hybridized carbons (Fsp3) is 0.318. The second-order valence-electron chi connectivity index (χ2n) is 7.61. The highest BCUT2D eigenvalue weighted by Gasteiger charge is 2.28. The van der Waals surface area contributed by atoms with Crippen molar-refractivity contribution in [3.63, 3.8) is 0 Å². The number of hydrogen-bond acceptors (Lipinski definition) is 7. The van der Waals surface area contributed by atoms with E-state index in [1.165, 1.54) is 7.11 Å². The summed E-state index contributed by atoms with van der Waals surface area (Å²) in [6, 6.07) is 6.96. The Morgan fingerprint density at radius 2 is 2.22 bits per heavy atom. The smallest absolute Gasteiger partial charge is 0.337 e. The van der Waals surface area contributed by atoms with E-state index in [0.29, 0.717) is 36.8 Å². The summed E-state index contributed by atoms with van der Waals surface area (Å²) in [7, 11) is 1.34. The van der Waals surface area contributed by atoms with Crippen LogP contribution in [0.2, 0.25) is 0 Å². The van der Waals surface area contributed by atoms with Crippen LogP contribution in [0.3, 0.4) is 0 Å². The lowest BCUT2D eigenvalue weighted by atomic mass is 10.1. The van der Waals surface area contributed by atoms with E-state index in [1.807, 2.05) is 30.3 Å². The van der Waals surface area contributed by atoms with Gasteiger partial charge >= 0.3 is 5.97 Å². The molecule has 0 radical (unpaired) electrons. The van der Waals surface area contributed by atoms with Gasteiger partial charge in [0.2, 0.25) is 12.2 Å². The van der Waals surface area contributed by atoms with E-state index in [9.17, 15) is 10.1 Å². The maximum Gasteiger partial charge on any atom is 0.337 e. The van der Waals surface area contributed by atoms with Gasteiger partial charge < -0.3 is 24.8 Å². The number of fused-ring (bicyclic) bond motifs is 1. The molecule has 0 spiro atoms. The Kier molecular flexibility index (Phi) is 5.89. The third-order valence-electron chi connectivity index (χ3n) is 5.54. The average molecular weight is 432 g/mol. The number of H-pyrrole nitrogens is 1. The molecule has 1 atom stereocenters. The third kappa shape index (κ3) is 4.05. The highest BCUT2D eigenvalue weighted by molar-refractivity contribution is 5.97. The summed E-state index contributed by atoms with van der Waals surface area (Å²) in [5.41, 5.74) is 2.99. The van der Waals surface area contributed by atoms with E-state index in [0.717, 1.165) is 22.4 Å². The molecular formula is C22H24N8O2. The van der Waals surface area contributed by atoms with E-state index < -0.39 is 5.97 Å². The number of rotatable bonds is 3. The third-order valence-corrected chi connectivity index (χ3v) is 5.54. The first-order valence-corrected chi connectivity index (χ1v) is 10.2. The lowest BCUT2D eigenvalue weighted by Gasteiger charge is -2.41. The number of hydrogen-bond donors (Lipinski definition) is 2. The van der Waals surface area contributed by atoms with Gasteiger partial charge in [-0.2, -0.15) is 5.26 Å². The average Bonchev–Trinajstić information content (AvgIpc) is 3.19. The van der Waals surface area contributed by atoms with E-state index in [1.54, 1.807) is 24.5 Å². The number of aliphatic imine (C=N–C) groups is 1. The quantitative estimate of drug-likeness (QED) is 0.280. The first kappa shape index (κ1) is 21.1. The van der Waals surface area contributed by atoms with Crippen molar-refractivity contribution in [1.29, 1.82) is 5.26 Å². The Labute approximate surface area is 185 Å². The number of anilines is 2. The number of carbonyl (C=O) groups excluding carboxylic acids is 1. The van der Waals surface area contributed by atoms with Crippen molar-refractivity contribution in [1.82, 2.24) is 19.9 Å². The number of methoxy groups -OCH3 is 1. The standard InChI is InChI=1S/C22H24N8O2/c1-14-10-24-19-18(14)20(27-13-26-19)29-7-8-30(15(2)11-29)22(25-12-23)28-17-6-4-5-16(9-17)21(31)32-3/h4-6,9-10,13,15H,7-8,11H2,1-3H3,(H,25,28)(H,24,26,27)/t15-/m0/s1. The number of aromatic amines is 1. The minimum absolute atomic E-state index is 0.0522. The van der Waals surface area contributed by atoms with Crippen molar-refractivity contribution in [2.75, 3.05) is 37.0 Å². The highest BCUT2D eigenvalue weighted by atomic mass is 16.5. The van der Waals surface area contributed by atoms with Gasteiger partial charge in [0, 0.05) is 37.6 Å². The zero-order valence-corrected chi connectivity index (χ0v) is 18.2. The van der Waals surface area contributed by atoms with Gasteiger partial charge in [0.1, 0.15) is 17.8 Å². The number of nitrogens with zero attached hydrogens (tertiary/aromatic N) is 6.